The fraction of sp³-hybridized carbons (Fsp3) is 0.364. The fourth-order valence-electron chi connectivity index (χ4n) is 1.33. The number of aromatic nitrogens is 3. The minimum absolute atomic E-state index is 0.195. The van der Waals surface area contributed by atoms with Crippen molar-refractivity contribution in [1.29, 1.82) is 0 Å². The largest absolute Gasteiger partial charge is 0.473 e. The van der Waals surface area contributed by atoms with Crippen molar-refractivity contribution in [3.63, 3.8) is 0 Å². The number of hydrogen-bond acceptors (Lipinski definition) is 7. The number of aliphatic hydroxyl groups is 1. The molecular weight excluding hydrogens is 252 g/mol. The smallest absolute Gasteiger partial charge is 0.245 e. The highest BCUT2D eigenvalue weighted by Crippen LogP contribution is 2.05. The van der Waals surface area contributed by atoms with Crippen LogP contribution in [0, 0.1) is 0 Å². The van der Waals surface area contributed by atoms with Crippen LogP contribution < -0.4 is 10.1 Å². The van der Waals surface area contributed by atoms with Crippen molar-refractivity contribution in [2.75, 3.05) is 13.2 Å². The molecule has 0 spiro atoms. The molecule has 0 fully saturated rings. The second-order valence-corrected chi connectivity index (χ2v) is 4.22. The zero-order chi connectivity index (χ0) is 12.6. The molecule has 0 saturated heterocycles. The van der Waals surface area contributed by atoms with E-state index in [4.69, 9.17) is 4.74 Å². The predicted octanol–water partition coefficient (Wildman–Crippen LogP) is 0.463. The van der Waals surface area contributed by atoms with Crippen LogP contribution in [0.25, 0.3) is 0 Å². The lowest BCUT2D eigenvalue weighted by Crippen LogP contribution is -2.31. The minimum Gasteiger partial charge on any atom is -0.473 e. The lowest BCUT2D eigenvalue weighted by molar-refractivity contribution is 0.104. The molecule has 0 amide bonds. The molecule has 0 radical (unpaired) electrons. The van der Waals surface area contributed by atoms with Gasteiger partial charge in [0.25, 0.3) is 0 Å². The number of nitrogens with one attached hydrogen (secondary N) is 1. The van der Waals surface area contributed by atoms with E-state index in [-0.39, 0.29) is 6.61 Å². The molecule has 0 saturated carbocycles. The summed E-state index contributed by atoms with van der Waals surface area (Å²) in [6.45, 7) is 1.25. The van der Waals surface area contributed by atoms with Crippen LogP contribution in [0.5, 0.6) is 5.88 Å². The number of nitrogens with zero attached hydrogens (tertiary/aromatic N) is 3. The van der Waals surface area contributed by atoms with Gasteiger partial charge < -0.3 is 15.2 Å². The summed E-state index contributed by atoms with van der Waals surface area (Å²) in [5, 5.41) is 12.8. The summed E-state index contributed by atoms with van der Waals surface area (Å²) in [5.74, 6) is 0.448. The second kappa shape index (κ2) is 7.00. The standard InChI is InChI=1S/C11H14N4O2S/c16-10(8-17-11-7-14-18-15-11)6-12-5-9-3-1-2-4-13-9/h1-4,7,10,12,16H,5-6,8H2. The first-order valence-electron chi connectivity index (χ1n) is 5.53. The molecule has 0 bridgehead atoms. The van der Waals surface area contributed by atoms with Gasteiger partial charge >= 0.3 is 0 Å². The van der Waals surface area contributed by atoms with E-state index in [1.807, 2.05) is 18.2 Å². The van der Waals surface area contributed by atoms with E-state index < -0.39 is 6.10 Å². The third-order valence-corrected chi connectivity index (χ3v) is 2.64. The third kappa shape index (κ3) is 4.36. The van der Waals surface area contributed by atoms with Gasteiger partial charge in [0.1, 0.15) is 18.9 Å². The first kappa shape index (κ1) is 12.9. The summed E-state index contributed by atoms with van der Waals surface area (Å²) >= 11 is 1.08. The molecule has 1 unspecified atom stereocenters. The normalized spacial score (nSPS) is 12.3. The van der Waals surface area contributed by atoms with Gasteiger partial charge in [-0.25, -0.2) is 0 Å². The van der Waals surface area contributed by atoms with Crippen molar-refractivity contribution in [3.8, 4) is 5.88 Å². The van der Waals surface area contributed by atoms with E-state index in [1.165, 1.54) is 6.20 Å². The summed E-state index contributed by atoms with van der Waals surface area (Å²) in [5.41, 5.74) is 0.939. The number of hydrogen-bond donors (Lipinski definition) is 2. The highest BCUT2D eigenvalue weighted by atomic mass is 32.1. The monoisotopic (exact) mass is 266 g/mol. The number of aliphatic hydroxyl groups excluding tert-OH is 1. The van der Waals surface area contributed by atoms with E-state index >= 15 is 0 Å². The van der Waals surface area contributed by atoms with E-state index in [0.717, 1.165) is 17.4 Å². The van der Waals surface area contributed by atoms with Gasteiger partial charge in [-0.15, -0.1) is 4.37 Å². The van der Waals surface area contributed by atoms with Crippen LogP contribution >= 0.6 is 11.7 Å². The lowest BCUT2D eigenvalue weighted by Gasteiger charge is -2.11. The Morgan fingerprint density at radius 3 is 3.11 bits per heavy atom. The van der Waals surface area contributed by atoms with Crippen LogP contribution in [0.3, 0.4) is 0 Å². The van der Waals surface area contributed by atoms with Gasteiger partial charge in [-0.05, 0) is 12.1 Å². The zero-order valence-electron chi connectivity index (χ0n) is 9.69. The summed E-state index contributed by atoms with van der Waals surface area (Å²) < 4.78 is 12.9. The van der Waals surface area contributed by atoms with Gasteiger partial charge in [0.15, 0.2) is 0 Å². The molecule has 7 heteroatoms. The van der Waals surface area contributed by atoms with Crippen LogP contribution in [0.1, 0.15) is 5.69 Å². The van der Waals surface area contributed by atoms with Crippen LogP contribution in [0.15, 0.2) is 30.6 Å². The highest BCUT2D eigenvalue weighted by molar-refractivity contribution is 6.99. The highest BCUT2D eigenvalue weighted by Gasteiger charge is 2.06. The van der Waals surface area contributed by atoms with Gasteiger partial charge in [0, 0.05) is 19.3 Å². The third-order valence-electron chi connectivity index (χ3n) is 2.18. The molecule has 2 N–H and O–H groups in total. The van der Waals surface area contributed by atoms with E-state index in [9.17, 15) is 5.11 Å². The second-order valence-electron chi connectivity index (χ2n) is 3.66. The predicted molar refractivity (Wildman–Crippen MR) is 67.4 cm³/mol. The van der Waals surface area contributed by atoms with E-state index in [2.05, 4.69) is 19.0 Å². The average molecular weight is 266 g/mol. The molecule has 0 aliphatic carbocycles. The van der Waals surface area contributed by atoms with E-state index in [0.29, 0.717) is 19.0 Å². The number of ether oxygens (including phenoxy) is 1. The maximum absolute atomic E-state index is 9.67. The molecule has 2 rings (SSSR count). The Kier molecular flexibility index (Phi) is 5.00. The molecule has 1 atom stereocenters. The summed E-state index contributed by atoms with van der Waals surface area (Å²) in [6.07, 6.45) is 2.68. The zero-order valence-corrected chi connectivity index (χ0v) is 10.5. The molecule has 2 aromatic rings. The van der Waals surface area contributed by atoms with Gasteiger partial charge in [-0.1, -0.05) is 6.07 Å². The maximum atomic E-state index is 9.67. The van der Waals surface area contributed by atoms with Crippen molar-refractivity contribution < 1.29 is 9.84 Å². The fourth-order valence-corrected chi connectivity index (χ4v) is 1.69. The molecule has 0 aliphatic rings. The molecule has 0 aliphatic heterocycles. The first-order valence-corrected chi connectivity index (χ1v) is 6.26. The SMILES string of the molecule is OC(CNCc1ccccn1)COc1cnsn1. The summed E-state index contributed by atoms with van der Waals surface area (Å²) in [6, 6.07) is 5.73. The van der Waals surface area contributed by atoms with Crippen molar-refractivity contribution in [1.82, 2.24) is 19.0 Å². The summed E-state index contributed by atoms with van der Waals surface area (Å²) in [7, 11) is 0. The number of pyridine rings is 1. The van der Waals surface area contributed by atoms with Gasteiger partial charge in [0.05, 0.1) is 17.4 Å². The van der Waals surface area contributed by atoms with Crippen molar-refractivity contribution >= 4 is 11.7 Å². The lowest BCUT2D eigenvalue weighted by atomic mass is 10.3. The van der Waals surface area contributed by atoms with Crippen LogP contribution in [-0.4, -0.2) is 38.1 Å². The van der Waals surface area contributed by atoms with Gasteiger partial charge in [-0.3, -0.25) is 4.98 Å². The topological polar surface area (TPSA) is 80.2 Å². The number of rotatable bonds is 7. The van der Waals surface area contributed by atoms with E-state index in [1.54, 1.807) is 6.20 Å². The Hall–Kier alpha value is -1.57. The first-order chi connectivity index (χ1) is 8.84. The molecule has 96 valence electrons. The van der Waals surface area contributed by atoms with Crippen molar-refractivity contribution in [3.05, 3.63) is 36.3 Å². The van der Waals surface area contributed by atoms with Crippen molar-refractivity contribution in [2.24, 2.45) is 0 Å². The Bertz CT molecular complexity index is 438. The Morgan fingerprint density at radius 2 is 2.39 bits per heavy atom. The average Bonchev–Trinajstić information content (AvgIpc) is 2.91. The Morgan fingerprint density at radius 1 is 1.44 bits per heavy atom. The minimum atomic E-state index is -0.588. The van der Waals surface area contributed by atoms with Crippen LogP contribution in [0.2, 0.25) is 0 Å². The molecular formula is C11H14N4O2S. The molecule has 2 heterocycles. The summed E-state index contributed by atoms with van der Waals surface area (Å²) in [4.78, 5) is 4.17. The molecule has 2 aromatic heterocycles. The molecule has 18 heavy (non-hydrogen) atoms. The molecule has 0 aromatic carbocycles. The van der Waals surface area contributed by atoms with Crippen molar-refractivity contribution in [2.45, 2.75) is 12.6 Å². The molecule has 6 nitrogen and oxygen atoms in total. The Balaban J connectivity index is 1.61. The Labute approximate surface area is 109 Å². The van der Waals surface area contributed by atoms with Gasteiger partial charge in [0.2, 0.25) is 5.88 Å². The maximum Gasteiger partial charge on any atom is 0.245 e. The quantitative estimate of drug-likeness (QED) is 0.758. The van der Waals surface area contributed by atoms with Gasteiger partial charge in [-0.2, -0.15) is 4.37 Å². The van der Waals surface area contributed by atoms with Crippen LogP contribution in [-0.2, 0) is 6.54 Å². The van der Waals surface area contributed by atoms with Crippen LogP contribution in [0.4, 0.5) is 0 Å².